The van der Waals surface area contributed by atoms with Gasteiger partial charge in [-0.3, -0.25) is 0 Å². The van der Waals surface area contributed by atoms with Crippen molar-refractivity contribution in [2.24, 2.45) is 5.92 Å². The molecule has 3 heterocycles. The van der Waals surface area contributed by atoms with Gasteiger partial charge in [-0.2, -0.15) is 17.7 Å². The van der Waals surface area contributed by atoms with Crippen molar-refractivity contribution in [1.82, 2.24) is 24.7 Å². The number of hydrogen-bond acceptors (Lipinski definition) is 5. The van der Waals surface area contributed by atoms with Gasteiger partial charge in [0.1, 0.15) is 5.82 Å². The highest BCUT2D eigenvalue weighted by Crippen LogP contribution is 2.29. The van der Waals surface area contributed by atoms with E-state index in [1.807, 2.05) is 7.05 Å². The van der Waals surface area contributed by atoms with Gasteiger partial charge in [0.2, 0.25) is 0 Å². The molecule has 0 spiro atoms. The molecule has 9 heteroatoms. The predicted molar refractivity (Wildman–Crippen MR) is 79.3 cm³/mol. The molecule has 0 radical (unpaired) electrons. The van der Waals surface area contributed by atoms with E-state index in [0.717, 1.165) is 24.1 Å². The number of rotatable bonds is 2. The topological polar surface area (TPSA) is 49.6 Å². The predicted octanol–water partition coefficient (Wildman–Crippen LogP) is 1.92. The van der Waals surface area contributed by atoms with Gasteiger partial charge in [-0.15, -0.1) is 15.3 Å². The molecule has 1 fully saturated rings. The van der Waals surface area contributed by atoms with Gasteiger partial charge in [0, 0.05) is 25.7 Å². The third kappa shape index (κ3) is 2.97. The normalized spacial score (nSPS) is 20.7. The fraction of sp³-hybridized carbons (Fsp3) is 0.643. The molecule has 1 unspecified atom stereocenters. The van der Waals surface area contributed by atoms with E-state index in [9.17, 15) is 13.2 Å². The molecule has 0 N–H and O–H groups in total. The second-order valence-corrected chi connectivity index (χ2v) is 6.25. The van der Waals surface area contributed by atoms with Gasteiger partial charge in [-0.1, -0.05) is 13.8 Å². The molecule has 2 aromatic heterocycles. The first-order chi connectivity index (χ1) is 10.8. The number of likely N-dealkylation sites (N-methyl/N-ethyl adjacent to an activating group) is 1. The SMILES string of the molecule is CC(C)C1CN(C)CCN1c1ccc2nnc(C(F)(F)F)n2n1. The van der Waals surface area contributed by atoms with Crippen LogP contribution in [0.3, 0.4) is 0 Å². The number of piperazine rings is 1. The molecule has 126 valence electrons. The van der Waals surface area contributed by atoms with Crippen LogP contribution in [0.25, 0.3) is 5.65 Å². The van der Waals surface area contributed by atoms with Gasteiger partial charge in [-0.25, -0.2) is 0 Å². The molecule has 0 amide bonds. The number of fused-ring (bicyclic) bond motifs is 1. The van der Waals surface area contributed by atoms with Crippen LogP contribution < -0.4 is 4.90 Å². The van der Waals surface area contributed by atoms with Gasteiger partial charge < -0.3 is 9.80 Å². The van der Waals surface area contributed by atoms with Crippen molar-refractivity contribution in [3.05, 3.63) is 18.0 Å². The summed E-state index contributed by atoms with van der Waals surface area (Å²) in [5.74, 6) is -0.211. The lowest BCUT2D eigenvalue weighted by Gasteiger charge is -2.42. The van der Waals surface area contributed by atoms with Crippen LogP contribution in [0.1, 0.15) is 19.7 Å². The summed E-state index contributed by atoms with van der Waals surface area (Å²) in [4.78, 5) is 4.30. The molecule has 1 saturated heterocycles. The van der Waals surface area contributed by atoms with E-state index in [-0.39, 0.29) is 11.7 Å². The largest absolute Gasteiger partial charge is 0.453 e. The molecular weight excluding hydrogens is 309 g/mol. The fourth-order valence-electron chi connectivity index (χ4n) is 2.92. The Morgan fingerprint density at radius 3 is 2.57 bits per heavy atom. The van der Waals surface area contributed by atoms with Gasteiger partial charge in [0.15, 0.2) is 5.65 Å². The zero-order chi connectivity index (χ0) is 16.8. The Labute approximate surface area is 131 Å². The van der Waals surface area contributed by atoms with Gasteiger partial charge >= 0.3 is 6.18 Å². The van der Waals surface area contributed by atoms with Gasteiger partial charge in [-0.05, 0) is 25.1 Å². The monoisotopic (exact) mass is 328 g/mol. The summed E-state index contributed by atoms with van der Waals surface area (Å²) < 4.78 is 39.8. The van der Waals surface area contributed by atoms with Crippen molar-refractivity contribution in [3.8, 4) is 0 Å². The zero-order valence-electron chi connectivity index (χ0n) is 13.2. The summed E-state index contributed by atoms with van der Waals surface area (Å²) >= 11 is 0. The molecule has 2 aromatic rings. The molecule has 0 aromatic carbocycles. The highest BCUT2D eigenvalue weighted by molar-refractivity contribution is 5.47. The Morgan fingerprint density at radius 2 is 1.91 bits per heavy atom. The molecule has 3 rings (SSSR count). The average Bonchev–Trinajstić information content (AvgIpc) is 2.90. The van der Waals surface area contributed by atoms with Crippen molar-refractivity contribution < 1.29 is 13.2 Å². The van der Waals surface area contributed by atoms with Crippen LogP contribution in [-0.4, -0.2) is 57.4 Å². The first-order valence-corrected chi connectivity index (χ1v) is 7.52. The average molecular weight is 328 g/mol. The highest BCUT2D eigenvalue weighted by atomic mass is 19.4. The van der Waals surface area contributed by atoms with Crippen LogP contribution in [0, 0.1) is 5.92 Å². The lowest BCUT2D eigenvalue weighted by molar-refractivity contribution is -0.146. The summed E-state index contributed by atoms with van der Waals surface area (Å²) in [5.41, 5.74) is 0.0938. The Hall–Kier alpha value is -1.90. The second kappa shape index (κ2) is 5.63. The number of halogens is 3. The number of alkyl halides is 3. The first kappa shape index (κ1) is 16.0. The highest BCUT2D eigenvalue weighted by Gasteiger charge is 2.38. The summed E-state index contributed by atoms with van der Waals surface area (Å²) in [6.45, 7) is 6.63. The molecule has 0 aliphatic carbocycles. The summed E-state index contributed by atoms with van der Waals surface area (Å²) in [6, 6.07) is 3.44. The maximum atomic E-state index is 13.0. The molecule has 23 heavy (non-hydrogen) atoms. The maximum Gasteiger partial charge on any atom is 0.453 e. The number of hydrogen-bond donors (Lipinski definition) is 0. The quantitative estimate of drug-likeness (QED) is 0.843. The van der Waals surface area contributed by atoms with Crippen LogP contribution in [0.15, 0.2) is 12.1 Å². The molecule has 6 nitrogen and oxygen atoms in total. The minimum absolute atomic E-state index is 0.0938. The smallest absolute Gasteiger partial charge is 0.349 e. The van der Waals surface area contributed by atoms with E-state index in [1.54, 1.807) is 6.07 Å². The first-order valence-electron chi connectivity index (χ1n) is 7.52. The van der Waals surface area contributed by atoms with Crippen molar-refractivity contribution >= 4 is 11.5 Å². The van der Waals surface area contributed by atoms with Crippen LogP contribution >= 0.6 is 0 Å². The van der Waals surface area contributed by atoms with Crippen LogP contribution in [-0.2, 0) is 6.18 Å². The lowest BCUT2D eigenvalue weighted by Crippen LogP contribution is -2.54. The van der Waals surface area contributed by atoms with E-state index in [2.05, 4.69) is 38.9 Å². The lowest BCUT2D eigenvalue weighted by atomic mass is 10.00. The number of anilines is 1. The van der Waals surface area contributed by atoms with Crippen molar-refractivity contribution in [2.45, 2.75) is 26.1 Å². The van der Waals surface area contributed by atoms with Gasteiger partial charge in [0.25, 0.3) is 5.82 Å². The Balaban J connectivity index is 2.02. The third-order valence-corrected chi connectivity index (χ3v) is 4.19. The van der Waals surface area contributed by atoms with Gasteiger partial charge in [0.05, 0.1) is 0 Å². The fourth-order valence-corrected chi connectivity index (χ4v) is 2.92. The third-order valence-electron chi connectivity index (χ3n) is 4.19. The summed E-state index contributed by atoms with van der Waals surface area (Å²) in [6.07, 6.45) is -4.58. The van der Waals surface area contributed by atoms with Crippen molar-refractivity contribution in [3.63, 3.8) is 0 Å². The Kier molecular flexibility index (Phi) is 3.91. The number of aromatic nitrogens is 4. The van der Waals surface area contributed by atoms with Crippen molar-refractivity contribution in [1.29, 1.82) is 0 Å². The van der Waals surface area contributed by atoms with Crippen LogP contribution in [0.2, 0.25) is 0 Å². The summed E-state index contributed by atoms with van der Waals surface area (Å²) in [5, 5.41) is 10.9. The molecule has 1 aliphatic rings. The molecule has 1 atom stereocenters. The second-order valence-electron chi connectivity index (χ2n) is 6.25. The van der Waals surface area contributed by atoms with Crippen LogP contribution in [0.4, 0.5) is 19.0 Å². The van der Waals surface area contributed by atoms with Crippen LogP contribution in [0.5, 0.6) is 0 Å². The maximum absolute atomic E-state index is 13.0. The summed E-state index contributed by atoms with van der Waals surface area (Å²) in [7, 11) is 2.05. The molecule has 1 aliphatic heterocycles. The van der Waals surface area contributed by atoms with E-state index < -0.39 is 12.0 Å². The zero-order valence-corrected chi connectivity index (χ0v) is 13.2. The minimum atomic E-state index is -4.58. The van der Waals surface area contributed by atoms with Crippen molar-refractivity contribution in [2.75, 3.05) is 31.6 Å². The Bertz CT molecular complexity index is 695. The van der Waals surface area contributed by atoms with E-state index >= 15 is 0 Å². The standard InChI is InChI=1S/C14H19F3N6/c1-9(2)10-8-21(3)6-7-22(10)12-5-4-11-18-19-13(14(15,16)17)23(11)20-12/h4-5,9-10H,6-8H2,1-3H3. The van der Waals surface area contributed by atoms with E-state index in [4.69, 9.17) is 0 Å². The Morgan fingerprint density at radius 1 is 1.17 bits per heavy atom. The van der Waals surface area contributed by atoms with E-state index in [1.165, 1.54) is 6.07 Å². The number of nitrogens with zero attached hydrogens (tertiary/aromatic N) is 6. The molecular formula is C14H19F3N6. The minimum Gasteiger partial charge on any atom is -0.349 e. The molecule has 0 saturated carbocycles. The van der Waals surface area contributed by atoms with E-state index in [0.29, 0.717) is 11.7 Å². The molecule has 0 bridgehead atoms.